The van der Waals surface area contributed by atoms with Crippen LogP contribution in [0, 0.1) is 5.41 Å². The Morgan fingerprint density at radius 3 is 2.78 bits per heavy atom. The fourth-order valence-corrected chi connectivity index (χ4v) is 3.06. The minimum atomic E-state index is 0.273. The fourth-order valence-electron chi connectivity index (χ4n) is 3.06. The molecular formula is C19H21N7O. The van der Waals surface area contributed by atoms with Crippen molar-refractivity contribution in [1.82, 2.24) is 19.7 Å². The van der Waals surface area contributed by atoms with Gasteiger partial charge in [0, 0.05) is 37.5 Å². The van der Waals surface area contributed by atoms with Gasteiger partial charge in [-0.15, -0.1) is 0 Å². The predicted molar refractivity (Wildman–Crippen MR) is 104 cm³/mol. The molecule has 4 rings (SSSR count). The molecule has 3 aromatic heterocycles. The summed E-state index contributed by atoms with van der Waals surface area (Å²) >= 11 is 0. The van der Waals surface area contributed by atoms with Crippen molar-refractivity contribution in [3.05, 3.63) is 54.1 Å². The number of ether oxygens (including phenoxy) is 1. The summed E-state index contributed by atoms with van der Waals surface area (Å²) in [4.78, 5) is 11.2. The molecule has 0 bridgehead atoms. The molecule has 0 spiro atoms. The number of nitrogens with one attached hydrogen (secondary N) is 1. The Morgan fingerprint density at radius 1 is 1.22 bits per heavy atom. The topological polar surface area (TPSA) is 106 Å². The number of aromatic nitrogens is 4. The van der Waals surface area contributed by atoms with E-state index in [2.05, 4.69) is 20.0 Å². The highest BCUT2D eigenvalue weighted by atomic mass is 16.5. The van der Waals surface area contributed by atoms with Crippen LogP contribution in [0.4, 0.5) is 11.5 Å². The summed E-state index contributed by atoms with van der Waals surface area (Å²) in [5, 5.41) is 12.8. The van der Waals surface area contributed by atoms with Gasteiger partial charge in [-0.05, 0) is 18.2 Å². The van der Waals surface area contributed by atoms with Crippen LogP contribution in [0.1, 0.15) is 11.3 Å². The zero-order valence-electron chi connectivity index (χ0n) is 15.1. The van der Waals surface area contributed by atoms with Crippen LogP contribution in [0.5, 0.6) is 0 Å². The van der Waals surface area contributed by atoms with Crippen LogP contribution >= 0.6 is 0 Å². The average Bonchev–Trinajstić information content (AvgIpc) is 3.15. The van der Waals surface area contributed by atoms with Crippen LogP contribution in [0.15, 0.2) is 42.9 Å². The van der Waals surface area contributed by atoms with Crippen LogP contribution in [0.25, 0.3) is 11.3 Å². The highest BCUT2D eigenvalue weighted by Crippen LogP contribution is 2.23. The van der Waals surface area contributed by atoms with E-state index in [1.165, 1.54) is 0 Å². The van der Waals surface area contributed by atoms with E-state index in [0.29, 0.717) is 30.2 Å². The van der Waals surface area contributed by atoms with Crippen molar-refractivity contribution in [3.63, 3.8) is 0 Å². The summed E-state index contributed by atoms with van der Waals surface area (Å²) in [6.45, 7) is 2.98. The SMILES string of the molecule is Cn1cc(-c2cc(C(=N)c3cccc(N4CCOCC4)n3)c(N)cn2)cn1. The second-order valence-corrected chi connectivity index (χ2v) is 6.41. The van der Waals surface area contributed by atoms with Crippen molar-refractivity contribution >= 4 is 17.2 Å². The molecule has 3 aromatic rings. The molecule has 3 N–H and O–H groups in total. The molecule has 0 unspecified atom stereocenters. The molecule has 4 heterocycles. The number of anilines is 2. The zero-order valence-corrected chi connectivity index (χ0v) is 15.1. The standard InChI is InChI=1S/C19H21N7O/c1-25-12-13(10-23-25)17-9-14(15(20)11-22-17)19(21)16-3-2-4-18(24-16)26-5-7-27-8-6-26/h2-4,9-12,21H,5-8,20H2,1H3. The Hall–Kier alpha value is -3.26. The first-order valence-corrected chi connectivity index (χ1v) is 8.75. The summed E-state index contributed by atoms with van der Waals surface area (Å²) in [5.41, 5.74) is 9.62. The van der Waals surface area contributed by atoms with E-state index in [0.717, 1.165) is 30.2 Å². The van der Waals surface area contributed by atoms with Crippen molar-refractivity contribution in [3.8, 4) is 11.3 Å². The van der Waals surface area contributed by atoms with Crippen LogP contribution in [0.3, 0.4) is 0 Å². The smallest absolute Gasteiger partial charge is 0.129 e. The van der Waals surface area contributed by atoms with Crippen molar-refractivity contribution < 1.29 is 4.74 Å². The number of nitrogens with zero attached hydrogens (tertiary/aromatic N) is 5. The largest absolute Gasteiger partial charge is 0.397 e. The Morgan fingerprint density at radius 2 is 2.04 bits per heavy atom. The van der Waals surface area contributed by atoms with E-state index in [9.17, 15) is 0 Å². The van der Waals surface area contributed by atoms with Crippen LogP contribution in [0.2, 0.25) is 0 Å². The van der Waals surface area contributed by atoms with Crippen molar-refractivity contribution in [2.45, 2.75) is 0 Å². The third-order valence-corrected chi connectivity index (χ3v) is 4.53. The number of hydrogen-bond acceptors (Lipinski definition) is 7. The minimum absolute atomic E-state index is 0.273. The predicted octanol–water partition coefficient (Wildman–Crippen LogP) is 1.71. The minimum Gasteiger partial charge on any atom is -0.397 e. The molecule has 8 nitrogen and oxygen atoms in total. The molecule has 0 radical (unpaired) electrons. The molecule has 8 heteroatoms. The molecule has 0 saturated carbocycles. The van der Waals surface area contributed by atoms with Gasteiger partial charge in [0.1, 0.15) is 5.82 Å². The molecule has 1 aliphatic heterocycles. The molecule has 0 aromatic carbocycles. The third-order valence-electron chi connectivity index (χ3n) is 4.53. The lowest BCUT2D eigenvalue weighted by atomic mass is 10.0. The first-order valence-electron chi connectivity index (χ1n) is 8.75. The monoisotopic (exact) mass is 363 g/mol. The Labute approximate surface area is 157 Å². The summed E-state index contributed by atoms with van der Waals surface area (Å²) in [6.07, 6.45) is 5.20. The Kier molecular flexibility index (Phi) is 4.55. The maximum atomic E-state index is 8.65. The molecule has 1 fully saturated rings. The van der Waals surface area contributed by atoms with E-state index in [1.54, 1.807) is 17.1 Å². The summed E-state index contributed by atoms with van der Waals surface area (Å²) < 4.78 is 7.11. The molecule has 138 valence electrons. The normalized spacial score (nSPS) is 14.3. The molecule has 1 aliphatic rings. The quantitative estimate of drug-likeness (QED) is 0.684. The van der Waals surface area contributed by atoms with Crippen molar-refractivity contribution in [2.24, 2.45) is 7.05 Å². The third kappa shape index (κ3) is 3.52. The molecule has 0 aliphatic carbocycles. The number of nitrogens with two attached hydrogens (primary N) is 1. The molecule has 0 atom stereocenters. The molecular weight excluding hydrogens is 342 g/mol. The summed E-state index contributed by atoms with van der Waals surface area (Å²) in [5.74, 6) is 0.848. The zero-order chi connectivity index (χ0) is 18.8. The van der Waals surface area contributed by atoms with Gasteiger partial charge in [0.05, 0.1) is 48.4 Å². The highest BCUT2D eigenvalue weighted by molar-refractivity contribution is 6.13. The van der Waals surface area contributed by atoms with Gasteiger partial charge >= 0.3 is 0 Å². The average molecular weight is 363 g/mol. The van der Waals surface area contributed by atoms with Crippen LogP contribution in [-0.2, 0) is 11.8 Å². The van der Waals surface area contributed by atoms with Crippen LogP contribution in [-0.4, -0.2) is 51.8 Å². The number of morpholine rings is 1. The lowest BCUT2D eigenvalue weighted by Gasteiger charge is -2.28. The number of nitrogen functional groups attached to an aromatic ring is 1. The second-order valence-electron chi connectivity index (χ2n) is 6.41. The number of aryl methyl sites for hydroxylation is 1. The van der Waals surface area contributed by atoms with Gasteiger partial charge in [-0.25, -0.2) is 4.98 Å². The fraction of sp³-hybridized carbons (Fsp3) is 0.263. The van der Waals surface area contributed by atoms with Gasteiger partial charge in [0.15, 0.2) is 0 Å². The summed E-state index contributed by atoms with van der Waals surface area (Å²) in [6, 6.07) is 7.52. The Bertz CT molecular complexity index is 976. The second kappa shape index (κ2) is 7.16. The van der Waals surface area contributed by atoms with Gasteiger partial charge in [-0.1, -0.05) is 6.07 Å². The van der Waals surface area contributed by atoms with Crippen LogP contribution < -0.4 is 10.6 Å². The van der Waals surface area contributed by atoms with Gasteiger partial charge in [0.2, 0.25) is 0 Å². The lowest BCUT2D eigenvalue weighted by Crippen LogP contribution is -2.36. The lowest BCUT2D eigenvalue weighted by molar-refractivity contribution is 0.122. The summed E-state index contributed by atoms with van der Waals surface area (Å²) in [7, 11) is 1.85. The molecule has 1 saturated heterocycles. The number of rotatable bonds is 4. The Balaban J connectivity index is 1.66. The number of hydrogen-bond donors (Lipinski definition) is 2. The van der Waals surface area contributed by atoms with E-state index in [-0.39, 0.29) is 5.71 Å². The first kappa shape index (κ1) is 17.2. The first-order chi connectivity index (χ1) is 13.1. The maximum Gasteiger partial charge on any atom is 0.129 e. The van der Waals surface area contributed by atoms with Gasteiger partial charge in [0.25, 0.3) is 0 Å². The van der Waals surface area contributed by atoms with Crippen molar-refractivity contribution in [2.75, 3.05) is 36.9 Å². The molecule has 0 amide bonds. The van der Waals surface area contributed by atoms with E-state index in [4.69, 9.17) is 15.9 Å². The maximum absolute atomic E-state index is 8.65. The number of pyridine rings is 2. The molecule has 27 heavy (non-hydrogen) atoms. The highest BCUT2D eigenvalue weighted by Gasteiger charge is 2.16. The van der Waals surface area contributed by atoms with Gasteiger partial charge in [-0.2, -0.15) is 5.10 Å². The van der Waals surface area contributed by atoms with E-state index < -0.39 is 0 Å². The van der Waals surface area contributed by atoms with Crippen molar-refractivity contribution in [1.29, 1.82) is 5.41 Å². The van der Waals surface area contributed by atoms with E-state index in [1.807, 2.05) is 37.5 Å². The van der Waals surface area contributed by atoms with Gasteiger partial charge < -0.3 is 15.4 Å². The van der Waals surface area contributed by atoms with Gasteiger partial charge in [-0.3, -0.25) is 15.1 Å². The van der Waals surface area contributed by atoms with E-state index >= 15 is 0 Å².